The molecule has 2 amide bonds. The first-order chi connectivity index (χ1) is 9.97. The molecule has 0 radical (unpaired) electrons. The first-order valence-electron chi connectivity index (χ1n) is 6.58. The summed E-state index contributed by atoms with van der Waals surface area (Å²) in [5, 5.41) is -0.191. The third kappa shape index (κ3) is 3.42. The Balaban J connectivity index is 2.28. The number of imide groups is 1. The van der Waals surface area contributed by atoms with Gasteiger partial charge in [0.25, 0.3) is 11.1 Å². The zero-order valence-corrected chi connectivity index (χ0v) is 15.0. The highest BCUT2D eigenvalue weighted by molar-refractivity contribution is 14.1. The number of benzene rings is 1. The van der Waals surface area contributed by atoms with Crippen molar-refractivity contribution in [3.63, 3.8) is 0 Å². The van der Waals surface area contributed by atoms with E-state index in [0.717, 1.165) is 33.1 Å². The zero-order valence-electron chi connectivity index (χ0n) is 12.1. The lowest BCUT2D eigenvalue weighted by atomic mass is 10.2. The summed E-state index contributed by atoms with van der Waals surface area (Å²) in [5.41, 5.74) is 0.884. The van der Waals surface area contributed by atoms with Crippen molar-refractivity contribution in [3.05, 3.63) is 32.2 Å². The molecule has 1 aromatic rings. The highest BCUT2D eigenvalue weighted by atomic mass is 127. The van der Waals surface area contributed by atoms with Gasteiger partial charge in [-0.25, -0.2) is 0 Å². The fraction of sp³-hybridized carbons (Fsp3) is 0.333. The van der Waals surface area contributed by atoms with Crippen molar-refractivity contribution in [2.24, 2.45) is 0 Å². The van der Waals surface area contributed by atoms with Crippen LogP contribution in [-0.2, 0) is 4.79 Å². The van der Waals surface area contributed by atoms with Crippen LogP contribution in [0.1, 0.15) is 25.8 Å². The number of carbonyl (C=O) groups is 2. The van der Waals surface area contributed by atoms with Crippen molar-refractivity contribution >= 4 is 51.6 Å². The largest absolute Gasteiger partial charge is 0.496 e. The zero-order chi connectivity index (χ0) is 15.6. The van der Waals surface area contributed by atoms with Crippen LogP contribution >= 0.6 is 34.4 Å². The lowest BCUT2D eigenvalue weighted by molar-refractivity contribution is -0.124. The molecule has 0 aromatic heterocycles. The maximum absolute atomic E-state index is 12.3. The molecular weight excluding hydrogens is 401 g/mol. The summed E-state index contributed by atoms with van der Waals surface area (Å²) < 4.78 is 6.17. The molecule has 4 nitrogen and oxygen atoms in total. The van der Waals surface area contributed by atoms with Crippen LogP contribution in [0, 0.1) is 3.57 Å². The fourth-order valence-corrected chi connectivity index (χ4v) is 3.66. The van der Waals surface area contributed by atoms with Crippen LogP contribution in [0.15, 0.2) is 23.1 Å². The van der Waals surface area contributed by atoms with Crippen LogP contribution in [0.5, 0.6) is 5.75 Å². The summed E-state index contributed by atoms with van der Waals surface area (Å²) in [6.07, 6.45) is 2.51. The average Bonchev–Trinajstić information content (AvgIpc) is 2.73. The van der Waals surface area contributed by atoms with Gasteiger partial charge in [-0.3, -0.25) is 14.5 Å². The van der Waals surface area contributed by atoms with E-state index in [0.29, 0.717) is 4.91 Å². The minimum absolute atomic E-state index is 0.0700. The van der Waals surface area contributed by atoms with Crippen molar-refractivity contribution in [2.75, 3.05) is 7.11 Å². The first-order valence-corrected chi connectivity index (χ1v) is 8.48. The van der Waals surface area contributed by atoms with Gasteiger partial charge in [-0.05, 0) is 71.5 Å². The number of carbonyl (C=O) groups excluding carboxylic acids is 2. The second kappa shape index (κ2) is 6.83. The molecule has 1 aliphatic rings. The lowest BCUT2D eigenvalue weighted by Gasteiger charge is -2.19. The fourth-order valence-electron chi connectivity index (χ4n) is 1.97. The van der Waals surface area contributed by atoms with Gasteiger partial charge in [0.2, 0.25) is 0 Å². The van der Waals surface area contributed by atoms with Crippen molar-refractivity contribution in [3.8, 4) is 5.75 Å². The van der Waals surface area contributed by atoms with E-state index in [2.05, 4.69) is 22.6 Å². The van der Waals surface area contributed by atoms with Gasteiger partial charge in [0.15, 0.2) is 0 Å². The van der Waals surface area contributed by atoms with Crippen LogP contribution in [0.2, 0.25) is 0 Å². The number of thioether (sulfide) groups is 1. The quantitative estimate of drug-likeness (QED) is 0.546. The molecule has 1 atom stereocenters. The molecule has 0 unspecified atom stereocenters. The molecule has 0 spiro atoms. The van der Waals surface area contributed by atoms with E-state index >= 15 is 0 Å². The summed E-state index contributed by atoms with van der Waals surface area (Å²) in [5.74, 6) is 0.589. The Morgan fingerprint density at radius 3 is 2.71 bits per heavy atom. The van der Waals surface area contributed by atoms with Gasteiger partial charge >= 0.3 is 0 Å². The number of halogens is 1. The Bertz CT molecular complexity index is 615. The van der Waals surface area contributed by atoms with E-state index in [4.69, 9.17) is 4.74 Å². The molecule has 0 bridgehead atoms. The molecule has 0 aliphatic carbocycles. The molecule has 1 heterocycles. The summed E-state index contributed by atoms with van der Waals surface area (Å²) in [6.45, 7) is 3.85. The molecule has 6 heteroatoms. The molecule has 0 saturated carbocycles. The maximum atomic E-state index is 12.3. The van der Waals surface area contributed by atoms with Gasteiger partial charge in [0, 0.05) is 6.04 Å². The smallest absolute Gasteiger partial charge is 0.293 e. The third-order valence-electron chi connectivity index (χ3n) is 3.33. The van der Waals surface area contributed by atoms with Crippen molar-refractivity contribution in [1.29, 1.82) is 0 Å². The minimum Gasteiger partial charge on any atom is -0.496 e. The van der Waals surface area contributed by atoms with Crippen molar-refractivity contribution in [1.82, 2.24) is 4.90 Å². The molecule has 1 fully saturated rings. The Labute approximate surface area is 142 Å². The number of methoxy groups -OCH3 is 1. The summed E-state index contributed by atoms with van der Waals surface area (Å²) in [6, 6.07) is 5.58. The average molecular weight is 417 g/mol. The summed E-state index contributed by atoms with van der Waals surface area (Å²) in [7, 11) is 1.62. The van der Waals surface area contributed by atoms with E-state index in [9.17, 15) is 9.59 Å². The van der Waals surface area contributed by atoms with E-state index in [1.807, 2.05) is 32.0 Å². The number of rotatable bonds is 4. The number of hydrogen-bond acceptors (Lipinski definition) is 4. The van der Waals surface area contributed by atoms with Gasteiger partial charge in [0.05, 0.1) is 15.6 Å². The Morgan fingerprint density at radius 1 is 1.43 bits per heavy atom. The molecule has 2 rings (SSSR count). The lowest BCUT2D eigenvalue weighted by Crippen LogP contribution is -2.36. The predicted octanol–water partition coefficient (Wildman–Crippen LogP) is 4.13. The third-order valence-corrected chi connectivity index (χ3v) is 5.06. The molecule has 112 valence electrons. The molecule has 1 saturated heterocycles. The van der Waals surface area contributed by atoms with Crippen LogP contribution in [-0.4, -0.2) is 29.2 Å². The van der Waals surface area contributed by atoms with Crippen molar-refractivity contribution < 1.29 is 14.3 Å². The van der Waals surface area contributed by atoms with Crippen LogP contribution in [0.3, 0.4) is 0 Å². The summed E-state index contributed by atoms with van der Waals surface area (Å²) in [4.78, 5) is 26.1. The number of ether oxygens (including phenoxy) is 1. The van der Waals surface area contributed by atoms with E-state index in [1.165, 1.54) is 4.90 Å². The van der Waals surface area contributed by atoms with Gasteiger partial charge < -0.3 is 4.74 Å². The van der Waals surface area contributed by atoms with Gasteiger partial charge in [0.1, 0.15) is 5.75 Å². The van der Waals surface area contributed by atoms with Gasteiger partial charge in [-0.1, -0.05) is 13.0 Å². The molecule has 21 heavy (non-hydrogen) atoms. The van der Waals surface area contributed by atoms with Gasteiger partial charge in [-0.2, -0.15) is 0 Å². The van der Waals surface area contributed by atoms with Crippen LogP contribution in [0.4, 0.5) is 4.79 Å². The maximum Gasteiger partial charge on any atom is 0.293 e. The number of hydrogen-bond donors (Lipinski definition) is 0. The Hall–Kier alpha value is -1.02. The Kier molecular flexibility index (Phi) is 5.32. The molecular formula is C15H16INO3S. The highest BCUT2D eigenvalue weighted by Gasteiger charge is 2.37. The molecule has 1 aromatic carbocycles. The second-order valence-corrected chi connectivity index (χ2v) is 6.86. The van der Waals surface area contributed by atoms with Gasteiger partial charge in [-0.15, -0.1) is 0 Å². The minimum atomic E-state index is -0.204. The Morgan fingerprint density at radius 2 is 2.14 bits per heavy atom. The topological polar surface area (TPSA) is 46.6 Å². The highest BCUT2D eigenvalue weighted by Crippen LogP contribution is 2.34. The number of amides is 2. The normalized spacial score (nSPS) is 18.5. The van der Waals surface area contributed by atoms with Crippen LogP contribution < -0.4 is 4.74 Å². The molecule has 0 N–H and O–H groups in total. The SMILES string of the molecule is CC[C@H](C)N1C(=O)S/C(=C\c2ccc(OC)c(I)c2)C1=O. The second-order valence-electron chi connectivity index (χ2n) is 4.70. The number of nitrogens with zero attached hydrogens (tertiary/aromatic N) is 1. The van der Waals surface area contributed by atoms with Crippen LogP contribution in [0.25, 0.3) is 6.08 Å². The summed E-state index contributed by atoms with van der Waals surface area (Å²) >= 11 is 3.18. The van der Waals surface area contributed by atoms with E-state index < -0.39 is 0 Å². The van der Waals surface area contributed by atoms with E-state index in [1.54, 1.807) is 13.2 Å². The predicted molar refractivity (Wildman–Crippen MR) is 93.3 cm³/mol. The van der Waals surface area contributed by atoms with Crippen molar-refractivity contribution in [2.45, 2.75) is 26.3 Å². The molecule has 1 aliphatic heterocycles. The van der Waals surface area contributed by atoms with E-state index in [-0.39, 0.29) is 17.2 Å². The standard InChI is InChI=1S/C15H16INO3S/c1-4-9(2)17-14(18)13(21-15(17)19)8-10-5-6-12(20-3)11(16)7-10/h5-9H,4H2,1-3H3/b13-8-/t9-/m0/s1. The first kappa shape index (κ1) is 16.4. The monoisotopic (exact) mass is 417 g/mol.